The van der Waals surface area contributed by atoms with Crippen molar-refractivity contribution in [1.29, 1.82) is 0 Å². The van der Waals surface area contributed by atoms with Crippen molar-refractivity contribution in [1.82, 2.24) is 0 Å². The largest absolute Gasteiger partial charge is 0.291 e. The number of carbonyl (C=O) groups excluding carboxylic acids is 1. The normalized spacial score (nSPS) is 11.8. The minimum absolute atomic E-state index is 0.105. The van der Waals surface area contributed by atoms with Gasteiger partial charge in [-0.05, 0) is 17.9 Å². The van der Waals surface area contributed by atoms with E-state index in [1.54, 1.807) is 6.92 Å². The van der Waals surface area contributed by atoms with Crippen LogP contribution in [0.2, 0.25) is 18.1 Å². The first-order valence-corrected chi connectivity index (χ1v) is 7.20. The average Bonchev–Trinajstić information content (AvgIpc) is 1.85. The maximum atomic E-state index is 11.6. The number of rotatable bonds is 1. The van der Waals surface area contributed by atoms with Gasteiger partial charge in [-0.1, -0.05) is 39.8 Å². The van der Waals surface area contributed by atoms with Crippen molar-refractivity contribution < 1.29 is 4.79 Å². The Balaban J connectivity index is 4.82. The van der Waals surface area contributed by atoms with E-state index in [-0.39, 0.29) is 10.4 Å². The van der Waals surface area contributed by atoms with E-state index in [0.717, 1.165) is 0 Å². The molecule has 0 bridgehead atoms. The van der Waals surface area contributed by atoms with Crippen molar-refractivity contribution in [3.63, 3.8) is 0 Å². The van der Waals surface area contributed by atoms with Gasteiger partial charge >= 0.3 is 0 Å². The van der Waals surface area contributed by atoms with E-state index < -0.39 is 8.07 Å². The Kier molecular flexibility index (Phi) is 3.29. The van der Waals surface area contributed by atoms with Crippen LogP contribution in [0, 0.1) is 11.8 Å². The summed E-state index contributed by atoms with van der Waals surface area (Å²) in [6, 6.07) is 0. The van der Waals surface area contributed by atoms with Crippen LogP contribution < -0.4 is 0 Å². The fourth-order valence-electron chi connectivity index (χ4n) is 0.610. The smallest absolute Gasteiger partial charge is 0.180 e. The highest BCUT2D eigenvalue weighted by molar-refractivity contribution is 7.08. The number of hydrogen-bond donors (Lipinski definition) is 0. The molecule has 0 N–H and O–H groups in total. The average molecular weight is 182 g/mol. The molecule has 0 aliphatic heterocycles. The standard InChI is InChI=1S/C10H18OSi/c1-7-8-9(11)12(5,6)10(2,3)4/h1-6H3. The van der Waals surface area contributed by atoms with E-state index in [1.807, 2.05) is 0 Å². The molecule has 12 heavy (non-hydrogen) atoms. The molecule has 0 aliphatic carbocycles. The molecule has 68 valence electrons. The van der Waals surface area contributed by atoms with Gasteiger partial charge in [0.2, 0.25) is 0 Å². The van der Waals surface area contributed by atoms with Gasteiger partial charge in [0.05, 0.1) is 0 Å². The van der Waals surface area contributed by atoms with E-state index in [4.69, 9.17) is 0 Å². The fraction of sp³-hybridized carbons (Fsp3) is 0.700. The van der Waals surface area contributed by atoms with Gasteiger partial charge in [0.15, 0.2) is 5.41 Å². The topological polar surface area (TPSA) is 17.1 Å². The summed E-state index contributed by atoms with van der Waals surface area (Å²) in [6.45, 7) is 12.2. The van der Waals surface area contributed by atoms with Crippen molar-refractivity contribution in [2.45, 2.75) is 45.8 Å². The second kappa shape index (κ2) is 3.45. The molecule has 0 unspecified atom stereocenters. The Hall–Kier alpha value is -0.553. The van der Waals surface area contributed by atoms with Gasteiger partial charge in [0.25, 0.3) is 0 Å². The van der Waals surface area contributed by atoms with Gasteiger partial charge in [-0.2, -0.15) is 0 Å². The second-order valence-corrected chi connectivity index (χ2v) is 9.78. The van der Waals surface area contributed by atoms with Crippen LogP contribution in [0.4, 0.5) is 0 Å². The number of hydrogen-bond acceptors (Lipinski definition) is 1. The summed E-state index contributed by atoms with van der Waals surface area (Å²) >= 11 is 0. The van der Waals surface area contributed by atoms with Gasteiger partial charge in [-0.15, -0.1) is 0 Å². The first-order chi connectivity index (χ1) is 5.23. The van der Waals surface area contributed by atoms with Crippen molar-refractivity contribution >= 4 is 13.5 Å². The van der Waals surface area contributed by atoms with Gasteiger partial charge < -0.3 is 0 Å². The monoisotopic (exact) mass is 182 g/mol. The molecule has 0 radical (unpaired) electrons. The lowest BCUT2D eigenvalue weighted by Gasteiger charge is -2.33. The molecule has 0 heterocycles. The van der Waals surface area contributed by atoms with Crippen molar-refractivity contribution in [3.8, 4) is 11.8 Å². The molecule has 0 saturated heterocycles. The third kappa shape index (κ3) is 2.21. The lowest BCUT2D eigenvalue weighted by Crippen LogP contribution is -2.45. The Labute approximate surface area is 76.6 Å². The van der Waals surface area contributed by atoms with Crippen LogP contribution in [0.25, 0.3) is 0 Å². The molecule has 0 aromatic heterocycles. The van der Waals surface area contributed by atoms with Gasteiger partial charge in [-0.25, -0.2) is 0 Å². The summed E-state index contributed by atoms with van der Waals surface area (Å²) in [7, 11) is -1.84. The van der Waals surface area contributed by atoms with Crippen molar-refractivity contribution in [2.24, 2.45) is 0 Å². The molecule has 0 atom stereocenters. The zero-order valence-electron chi connectivity index (χ0n) is 8.91. The molecule has 0 aromatic rings. The molecule has 0 aliphatic rings. The molecular formula is C10H18OSi. The van der Waals surface area contributed by atoms with Gasteiger partial charge in [0, 0.05) is 0 Å². The molecule has 0 rings (SSSR count). The minimum atomic E-state index is -1.84. The third-order valence-electron chi connectivity index (χ3n) is 2.68. The van der Waals surface area contributed by atoms with Crippen molar-refractivity contribution in [3.05, 3.63) is 0 Å². The minimum Gasteiger partial charge on any atom is -0.291 e. The summed E-state index contributed by atoms with van der Waals surface area (Å²) < 4.78 is 0. The molecule has 2 heteroatoms. The third-order valence-corrected chi connectivity index (χ3v) is 7.69. The summed E-state index contributed by atoms with van der Waals surface area (Å²) in [5.41, 5.74) is 0. The highest BCUT2D eigenvalue weighted by Gasteiger charge is 2.41. The van der Waals surface area contributed by atoms with Crippen LogP contribution in [-0.4, -0.2) is 13.5 Å². The predicted molar refractivity (Wildman–Crippen MR) is 55.7 cm³/mol. The van der Waals surface area contributed by atoms with Crippen LogP contribution in [0.3, 0.4) is 0 Å². The first kappa shape index (κ1) is 11.4. The Bertz CT molecular complexity index is 235. The Morgan fingerprint density at radius 1 is 1.25 bits per heavy atom. The maximum absolute atomic E-state index is 11.6. The summed E-state index contributed by atoms with van der Waals surface area (Å²) in [6.07, 6.45) is 0. The SMILES string of the molecule is CC#CC(=O)[Si](C)(C)C(C)(C)C. The molecule has 0 aromatic carbocycles. The van der Waals surface area contributed by atoms with E-state index in [0.29, 0.717) is 0 Å². The molecule has 0 fully saturated rings. The van der Waals surface area contributed by atoms with Crippen LogP contribution in [0.15, 0.2) is 0 Å². The highest BCUT2D eigenvalue weighted by atomic mass is 28.3. The predicted octanol–water partition coefficient (Wildman–Crippen LogP) is 2.63. The van der Waals surface area contributed by atoms with E-state index in [9.17, 15) is 4.79 Å². The molecule has 0 saturated carbocycles. The lowest BCUT2D eigenvalue weighted by molar-refractivity contribution is -0.108. The van der Waals surface area contributed by atoms with Gasteiger partial charge in [-0.3, -0.25) is 4.79 Å². The van der Waals surface area contributed by atoms with Gasteiger partial charge in [0.1, 0.15) is 8.07 Å². The molecule has 0 spiro atoms. The van der Waals surface area contributed by atoms with E-state index >= 15 is 0 Å². The lowest BCUT2D eigenvalue weighted by atomic mass is 10.2. The summed E-state index contributed by atoms with van der Waals surface area (Å²) in [5, 5.41) is 0.269. The summed E-state index contributed by atoms with van der Waals surface area (Å²) in [4.78, 5) is 11.6. The first-order valence-electron chi connectivity index (χ1n) is 4.20. The zero-order chi connectivity index (χ0) is 9.99. The van der Waals surface area contributed by atoms with Crippen LogP contribution >= 0.6 is 0 Å². The van der Waals surface area contributed by atoms with Crippen LogP contribution in [0.1, 0.15) is 27.7 Å². The highest BCUT2D eigenvalue weighted by Crippen LogP contribution is 2.36. The Morgan fingerprint density at radius 2 is 1.67 bits per heavy atom. The molecule has 0 amide bonds. The zero-order valence-corrected chi connectivity index (χ0v) is 9.91. The Morgan fingerprint density at radius 3 is 1.92 bits per heavy atom. The molecular weight excluding hydrogens is 164 g/mol. The van der Waals surface area contributed by atoms with E-state index in [2.05, 4.69) is 45.7 Å². The molecule has 1 nitrogen and oxygen atoms in total. The van der Waals surface area contributed by atoms with Crippen LogP contribution in [-0.2, 0) is 4.79 Å². The maximum Gasteiger partial charge on any atom is 0.180 e. The summed E-state index contributed by atoms with van der Waals surface area (Å²) in [5.74, 6) is 5.35. The fourth-order valence-corrected chi connectivity index (χ4v) is 1.73. The van der Waals surface area contributed by atoms with E-state index in [1.165, 1.54) is 0 Å². The van der Waals surface area contributed by atoms with Crippen LogP contribution in [0.5, 0.6) is 0 Å². The second-order valence-electron chi connectivity index (χ2n) is 4.58. The van der Waals surface area contributed by atoms with Crippen molar-refractivity contribution in [2.75, 3.05) is 0 Å². The number of carbonyl (C=O) groups is 1. The quantitative estimate of drug-likeness (QED) is 0.450.